The van der Waals surface area contributed by atoms with Crippen LogP contribution in [0.3, 0.4) is 0 Å². The topological polar surface area (TPSA) is 43.8 Å². The Labute approximate surface area is 125 Å². The second-order valence-corrected chi connectivity index (χ2v) is 5.73. The number of carboxylic acids is 1. The lowest BCUT2D eigenvalue weighted by Crippen LogP contribution is -2.39. The maximum Gasteiger partial charge on any atom is 0.338 e. The van der Waals surface area contributed by atoms with Gasteiger partial charge < -0.3 is 10.0 Å². The average Bonchev–Trinajstić information content (AvgIpc) is 2.62. The standard InChI is InChI=1S/C16H23FN2O2/c1-3-13-11-18(2)8-5-9-19(13)10-12-6-4-7-14(15(12)17)16(20)21/h4,6-7,13H,3,5,8-11H2,1-2H3,(H,20,21). The van der Waals surface area contributed by atoms with Gasteiger partial charge in [-0.25, -0.2) is 9.18 Å². The highest BCUT2D eigenvalue weighted by Gasteiger charge is 2.23. The van der Waals surface area contributed by atoms with E-state index in [1.54, 1.807) is 12.1 Å². The molecule has 0 amide bonds. The number of rotatable bonds is 4. The van der Waals surface area contributed by atoms with Gasteiger partial charge in [-0.1, -0.05) is 19.1 Å². The first-order valence-corrected chi connectivity index (χ1v) is 7.46. The quantitative estimate of drug-likeness (QED) is 0.926. The number of nitrogens with zero attached hydrogens (tertiary/aromatic N) is 2. The number of carbonyl (C=O) groups is 1. The van der Waals surface area contributed by atoms with E-state index in [1.807, 2.05) is 0 Å². The number of halogens is 1. The van der Waals surface area contributed by atoms with Crippen molar-refractivity contribution in [1.82, 2.24) is 9.80 Å². The summed E-state index contributed by atoms with van der Waals surface area (Å²) in [6, 6.07) is 5.00. The van der Waals surface area contributed by atoms with E-state index in [2.05, 4.69) is 23.8 Å². The molecule has 1 atom stereocenters. The van der Waals surface area contributed by atoms with Crippen LogP contribution in [0.5, 0.6) is 0 Å². The molecule has 1 heterocycles. The van der Waals surface area contributed by atoms with Crippen molar-refractivity contribution in [1.29, 1.82) is 0 Å². The van der Waals surface area contributed by atoms with Crippen LogP contribution in [0.4, 0.5) is 4.39 Å². The van der Waals surface area contributed by atoms with E-state index < -0.39 is 11.8 Å². The Balaban J connectivity index is 2.20. The fourth-order valence-corrected chi connectivity index (χ4v) is 2.97. The number of carboxylic acid groups (broad SMARTS) is 1. The van der Waals surface area contributed by atoms with Gasteiger partial charge in [-0.3, -0.25) is 4.90 Å². The van der Waals surface area contributed by atoms with Crippen LogP contribution in [0, 0.1) is 5.82 Å². The molecule has 0 bridgehead atoms. The van der Waals surface area contributed by atoms with Crippen LogP contribution >= 0.6 is 0 Å². The highest BCUT2D eigenvalue weighted by atomic mass is 19.1. The van der Waals surface area contributed by atoms with Gasteiger partial charge in [-0.2, -0.15) is 0 Å². The molecule has 1 aromatic carbocycles. The third kappa shape index (κ3) is 3.80. The number of hydrogen-bond donors (Lipinski definition) is 1. The molecule has 0 radical (unpaired) electrons. The van der Waals surface area contributed by atoms with Crippen LogP contribution in [-0.2, 0) is 6.54 Å². The number of hydrogen-bond acceptors (Lipinski definition) is 3. The van der Waals surface area contributed by atoms with Crippen LogP contribution in [0.25, 0.3) is 0 Å². The largest absolute Gasteiger partial charge is 0.478 e. The summed E-state index contributed by atoms with van der Waals surface area (Å²) in [6.45, 7) is 5.54. The summed E-state index contributed by atoms with van der Waals surface area (Å²) in [5, 5.41) is 9.01. The van der Waals surface area contributed by atoms with Gasteiger partial charge in [-0.05, 0) is 32.5 Å². The van der Waals surface area contributed by atoms with Gasteiger partial charge >= 0.3 is 5.97 Å². The van der Waals surface area contributed by atoms with E-state index in [4.69, 9.17) is 5.11 Å². The summed E-state index contributed by atoms with van der Waals surface area (Å²) in [6.07, 6.45) is 2.05. The summed E-state index contributed by atoms with van der Waals surface area (Å²) in [4.78, 5) is 15.6. The van der Waals surface area contributed by atoms with Gasteiger partial charge in [0.1, 0.15) is 5.82 Å². The van der Waals surface area contributed by atoms with E-state index >= 15 is 0 Å². The van der Waals surface area contributed by atoms with Crippen molar-refractivity contribution >= 4 is 5.97 Å². The van der Waals surface area contributed by atoms with E-state index in [1.165, 1.54) is 6.07 Å². The fourth-order valence-electron chi connectivity index (χ4n) is 2.97. The maximum absolute atomic E-state index is 14.3. The Morgan fingerprint density at radius 3 is 2.86 bits per heavy atom. The normalized spacial score (nSPS) is 21.2. The summed E-state index contributed by atoms with van der Waals surface area (Å²) in [5.41, 5.74) is 0.227. The molecular weight excluding hydrogens is 271 g/mol. The minimum atomic E-state index is -1.21. The Kier molecular flexibility index (Phi) is 5.31. The van der Waals surface area contributed by atoms with Crippen molar-refractivity contribution in [2.75, 3.05) is 26.7 Å². The lowest BCUT2D eigenvalue weighted by atomic mass is 10.1. The molecule has 1 aromatic rings. The Bertz CT molecular complexity index is 507. The summed E-state index contributed by atoms with van der Waals surface area (Å²) >= 11 is 0. The van der Waals surface area contributed by atoms with Gasteiger partial charge in [0.05, 0.1) is 5.56 Å². The van der Waals surface area contributed by atoms with Gasteiger partial charge in [0.15, 0.2) is 0 Å². The smallest absolute Gasteiger partial charge is 0.338 e. The van der Waals surface area contributed by atoms with Gasteiger partial charge in [0, 0.05) is 31.2 Å². The highest BCUT2D eigenvalue weighted by molar-refractivity contribution is 5.88. The molecule has 1 saturated heterocycles. The van der Waals surface area contributed by atoms with Crippen LogP contribution in [0.1, 0.15) is 35.7 Å². The lowest BCUT2D eigenvalue weighted by Gasteiger charge is -2.30. The minimum absolute atomic E-state index is 0.243. The molecule has 1 unspecified atom stereocenters. The van der Waals surface area contributed by atoms with E-state index in [0.29, 0.717) is 18.2 Å². The van der Waals surface area contributed by atoms with Crippen molar-refractivity contribution in [3.05, 3.63) is 35.1 Å². The molecular formula is C16H23FN2O2. The van der Waals surface area contributed by atoms with E-state index in [9.17, 15) is 9.18 Å². The first-order valence-electron chi connectivity index (χ1n) is 7.46. The number of benzene rings is 1. The van der Waals surface area contributed by atoms with Crippen molar-refractivity contribution in [2.24, 2.45) is 0 Å². The van der Waals surface area contributed by atoms with Crippen molar-refractivity contribution in [3.63, 3.8) is 0 Å². The second-order valence-electron chi connectivity index (χ2n) is 5.73. The van der Waals surface area contributed by atoms with Crippen molar-refractivity contribution in [3.8, 4) is 0 Å². The zero-order valence-electron chi connectivity index (χ0n) is 12.7. The molecule has 0 aromatic heterocycles. The Morgan fingerprint density at radius 2 is 2.19 bits per heavy atom. The van der Waals surface area contributed by atoms with Gasteiger partial charge in [-0.15, -0.1) is 0 Å². The first kappa shape index (κ1) is 15.9. The molecule has 4 nitrogen and oxygen atoms in total. The number of aromatic carboxylic acids is 1. The SMILES string of the molecule is CCC1CN(C)CCCN1Cc1cccc(C(=O)O)c1F. The zero-order chi connectivity index (χ0) is 15.4. The molecule has 0 spiro atoms. The average molecular weight is 294 g/mol. The minimum Gasteiger partial charge on any atom is -0.478 e. The first-order chi connectivity index (χ1) is 10.0. The molecule has 1 aliphatic rings. The van der Waals surface area contributed by atoms with Gasteiger partial charge in [0.25, 0.3) is 0 Å². The van der Waals surface area contributed by atoms with Crippen molar-refractivity contribution in [2.45, 2.75) is 32.4 Å². The Hall–Kier alpha value is -1.46. The maximum atomic E-state index is 14.3. The molecule has 0 saturated carbocycles. The Morgan fingerprint density at radius 1 is 1.43 bits per heavy atom. The second kappa shape index (κ2) is 7.00. The van der Waals surface area contributed by atoms with Crippen LogP contribution in [0.15, 0.2) is 18.2 Å². The molecule has 21 heavy (non-hydrogen) atoms. The molecule has 0 aliphatic carbocycles. The fraction of sp³-hybridized carbons (Fsp3) is 0.562. The molecule has 1 fully saturated rings. The van der Waals surface area contributed by atoms with Gasteiger partial charge in [0.2, 0.25) is 0 Å². The molecule has 2 rings (SSSR count). The highest BCUT2D eigenvalue weighted by Crippen LogP contribution is 2.19. The predicted octanol–water partition coefficient (Wildman–Crippen LogP) is 2.44. The summed E-state index contributed by atoms with van der Waals surface area (Å²) < 4.78 is 14.3. The molecule has 1 N–H and O–H groups in total. The summed E-state index contributed by atoms with van der Waals surface area (Å²) in [5.74, 6) is -1.81. The van der Waals surface area contributed by atoms with E-state index in [-0.39, 0.29) is 5.56 Å². The monoisotopic (exact) mass is 294 g/mol. The van der Waals surface area contributed by atoms with Crippen LogP contribution < -0.4 is 0 Å². The summed E-state index contributed by atoms with van der Waals surface area (Å²) in [7, 11) is 2.11. The van der Waals surface area contributed by atoms with Crippen LogP contribution in [0.2, 0.25) is 0 Å². The number of likely N-dealkylation sites (N-methyl/N-ethyl adjacent to an activating group) is 1. The zero-order valence-corrected chi connectivity index (χ0v) is 12.7. The van der Waals surface area contributed by atoms with Crippen LogP contribution in [-0.4, -0.2) is 53.6 Å². The molecule has 1 aliphatic heterocycles. The van der Waals surface area contributed by atoms with Crippen molar-refractivity contribution < 1.29 is 14.3 Å². The van der Waals surface area contributed by atoms with E-state index in [0.717, 1.165) is 32.5 Å². The molecule has 5 heteroatoms. The third-order valence-electron chi connectivity index (χ3n) is 4.18. The molecule has 116 valence electrons. The lowest BCUT2D eigenvalue weighted by molar-refractivity contribution is 0.0691. The predicted molar refractivity (Wildman–Crippen MR) is 80.0 cm³/mol. The third-order valence-corrected chi connectivity index (χ3v) is 4.18.